The third-order valence-corrected chi connectivity index (χ3v) is 3.28. The monoisotopic (exact) mass is 303 g/mol. The summed E-state index contributed by atoms with van der Waals surface area (Å²) in [5.41, 5.74) is -3.80. The zero-order chi connectivity index (χ0) is 15.3. The summed E-state index contributed by atoms with van der Waals surface area (Å²) in [6.07, 6.45) is -0.350. The van der Waals surface area contributed by atoms with Gasteiger partial charge in [-0.05, 0) is 42.8 Å². The quantitative estimate of drug-likeness (QED) is 0.630. The van der Waals surface area contributed by atoms with Gasteiger partial charge in [0.2, 0.25) is 0 Å². The lowest BCUT2D eigenvalue weighted by atomic mass is 10.0. The van der Waals surface area contributed by atoms with E-state index in [2.05, 4.69) is 0 Å². The highest BCUT2D eigenvalue weighted by Gasteiger charge is 2.31. The number of rotatable bonds is 4. The SMILES string of the molecule is CCOC(=O)Cc1c(SC(F)(F)F)ccc(C)c1C#N. The maximum absolute atomic E-state index is 12.5. The molecular formula is C13H12F3NO2S. The molecule has 1 aromatic rings. The Morgan fingerprint density at radius 2 is 2.10 bits per heavy atom. The molecule has 1 aromatic carbocycles. The lowest BCUT2D eigenvalue weighted by molar-refractivity contribution is -0.142. The number of carbonyl (C=O) groups is 1. The van der Waals surface area contributed by atoms with Crippen LogP contribution < -0.4 is 0 Å². The van der Waals surface area contributed by atoms with Crippen LogP contribution in [0.25, 0.3) is 0 Å². The Bertz CT molecular complexity index is 550. The van der Waals surface area contributed by atoms with Crippen molar-refractivity contribution < 1.29 is 22.7 Å². The molecule has 1 rings (SSSR count). The molecule has 7 heteroatoms. The molecule has 20 heavy (non-hydrogen) atoms. The molecule has 0 saturated carbocycles. The summed E-state index contributed by atoms with van der Waals surface area (Å²) in [6, 6.07) is 4.55. The highest BCUT2D eigenvalue weighted by Crippen LogP contribution is 2.40. The van der Waals surface area contributed by atoms with Gasteiger partial charge < -0.3 is 4.74 Å². The Labute approximate surface area is 118 Å². The Kier molecular flexibility index (Phi) is 5.45. The van der Waals surface area contributed by atoms with Gasteiger partial charge >= 0.3 is 11.5 Å². The molecule has 0 amide bonds. The first-order valence-corrected chi connectivity index (χ1v) is 6.54. The van der Waals surface area contributed by atoms with Crippen LogP contribution in [0.15, 0.2) is 17.0 Å². The second-order valence-corrected chi connectivity index (χ2v) is 4.98. The van der Waals surface area contributed by atoms with Crippen molar-refractivity contribution in [3.8, 4) is 6.07 Å². The first-order chi connectivity index (χ1) is 9.28. The molecule has 0 bridgehead atoms. The molecule has 0 saturated heterocycles. The van der Waals surface area contributed by atoms with Gasteiger partial charge in [0.15, 0.2) is 0 Å². The fraction of sp³-hybridized carbons (Fsp3) is 0.385. The number of nitrogens with zero attached hydrogens (tertiary/aromatic N) is 1. The third-order valence-electron chi connectivity index (χ3n) is 2.44. The van der Waals surface area contributed by atoms with Gasteiger partial charge in [-0.1, -0.05) is 6.07 Å². The van der Waals surface area contributed by atoms with E-state index in [0.29, 0.717) is 5.56 Å². The standard InChI is InChI=1S/C13H12F3NO2S/c1-3-19-12(18)6-9-10(7-17)8(2)4-5-11(9)20-13(14,15)16/h4-5H,3,6H2,1-2H3. The minimum atomic E-state index is -4.48. The smallest absolute Gasteiger partial charge is 0.446 e. The lowest BCUT2D eigenvalue weighted by Gasteiger charge is -2.13. The van der Waals surface area contributed by atoms with Gasteiger partial charge in [-0.25, -0.2) is 0 Å². The maximum Gasteiger partial charge on any atom is 0.446 e. The summed E-state index contributed by atoms with van der Waals surface area (Å²) in [7, 11) is 0. The zero-order valence-electron chi connectivity index (χ0n) is 10.9. The molecule has 0 fully saturated rings. The summed E-state index contributed by atoms with van der Waals surface area (Å²) in [4.78, 5) is 11.3. The molecule has 0 aromatic heterocycles. The van der Waals surface area contributed by atoms with Gasteiger partial charge in [0.1, 0.15) is 0 Å². The van der Waals surface area contributed by atoms with Crippen LogP contribution in [0, 0.1) is 18.3 Å². The van der Waals surface area contributed by atoms with E-state index in [9.17, 15) is 18.0 Å². The molecule has 0 spiro atoms. The van der Waals surface area contributed by atoms with Gasteiger partial charge in [0, 0.05) is 4.90 Å². The van der Waals surface area contributed by atoms with Gasteiger partial charge in [-0.15, -0.1) is 0 Å². The molecule has 0 radical (unpaired) electrons. The minimum Gasteiger partial charge on any atom is -0.466 e. The zero-order valence-corrected chi connectivity index (χ0v) is 11.7. The van der Waals surface area contributed by atoms with E-state index in [4.69, 9.17) is 10.00 Å². The third kappa shape index (κ3) is 4.46. The average molecular weight is 303 g/mol. The number of benzene rings is 1. The summed E-state index contributed by atoms with van der Waals surface area (Å²) >= 11 is -0.333. The maximum atomic E-state index is 12.5. The number of alkyl halides is 3. The van der Waals surface area contributed by atoms with Crippen molar-refractivity contribution in [2.24, 2.45) is 0 Å². The van der Waals surface area contributed by atoms with Crippen molar-refractivity contribution in [2.45, 2.75) is 30.7 Å². The van der Waals surface area contributed by atoms with Crippen molar-refractivity contribution in [1.82, 2.24) is 0 Å². The van der Waals surface area contributed by atoms with Crippen molar-refractivity contribution in [1.29, 1.82) is 5.26 Å². The number of esters is 1. The molecule has 0 aliphatic heterocycles. The number of thioether (sulfide) groups is 1. The Morgan fingerprint density at radius 3 is 2.60 bits per heavy atom. The van der Waals surface area contributed by atoms with E-state index in [-0.39, 0.29) is 40.8 Å². The Hall–Kier alpha value is -1.68. The van der Waals surface area contributed by atoms with Crippen LogP contribution in [-0.4, -0.2) is 18.1 Å². The van der Waals surface area contributed by atoms with Crippen LogP contribution in [0.1, 0.15) is 23.6 Å². The number of hydrogen-bond acceptors (Lipinski definition) is 4. The van der Waals surface area contributed by atoms with Gasteiger partial charge in [0.05, 0.1) is 24.7 Å². The lowest BCUT2D eigenvalue weighted by Crippen LogP contribution is -2.11. The fourth-order valence-electron chi connectivity index (χ4n) is 1.65. The largest absolute Gasteiger partial charge is 0.466 e. The van der Waals surface area contributed by atoms with Crippen LogP contribution in [0.2, 0.25) is 0 Å². The molecule has 0 heterocycles. The topological polar surface area (TPSA) is 50.1 Å². The number of hydrogen-bond donors (Lipinski definition) is 0. The van der Waals surface area contributed by atoms with Crippen molar-refractivity contribution >= 4 is 17.7 Å². The van der Waals surface area contributed by atoms with Crippen LogP contribution in [0.4, 0.5) is 13.2 Å². The Morgan fingerprint density at radius 1 is 1.45 bits per heavy atom. The van der Waals surface area contributed by atoms with Crippen LogP contribution in [0.3, 0.4) is 0 Å². The number of ether oxygens (including phenoxy) is 1. The highest BCUT2D eigenvalue weighted by atomic mass is 32.2. The van der Waals surface area contributed by atoms with Gasteiger partial charge in [0.25, 0.3) is 0 Å². The first kappa shape index (κ1) is 16.4. The van der Waals surface area contributed by atoms with Crippen LogP contribution in [-0.2, 0) is 16.0 Å². The summed E-state index contributed by atoms with van der Waals surface area (Å²) in [5, 5.41) is 9.07. The van der Waals surface area contributed by atoms with E-state index in [1.807, 2.05) is 6.07 Å². The normalized spacial score (nSPS) is 11.0. The predicted molar refractivity (Wildman–Crippen MR) is 68.1 cm³/mol. The molecule has 0 atom stereocenters. The summed E-state index contributed by atoms with van der Waals surface area (Å²) in [5.74, 6) is -0.654. The van der Waals surface area contributed by atoms with Crippen molar-refractivity contribution in [2.75, 3.05) is 6.61 Å². The summed E-state index contributed by atoms with van der Waals surface area (Å²) < 4.78 is 42.3. The minimum absolute atomic E-state index is 0.0632. The molecule has 3 nitrogen and oxygen atoms in total. The summed E-state index contributed by atoms with van der Waals surface area (Å²) in [6.45, 7) is 3.34. The molecular weight excluding hydrogens is 291 g/mol. The second kappa shape index (κ2) is 6.66. The fourth-order valence-corrected chi connectivity index (χ4v) is 2.34. The first-order valence-electron chi connectivity index (χ1n) is 5.72. The van der Waals surface area contributed by atoms with Crippen molar-refractivity contribution in [3.05, 3.63) is 28.8 Å². The molecule has 0 unspecified atom stereocenters. The number of nitriles is 1. The highest BCUT2D eigenvalue weighted by molar-refractivity contribution is 8.00. The second-order valence-electron chi connectivity index (χ2n) is 3.88. The molecule has 0 N–H and O–H groups in total. The number of carbonyl (C=O) groups excluding carboxylic acids is 1. The van der Waals surface area contributed by atoms with E-state index >= 15 is 0 Å². The van der Waals surface area contributed by atoms with Crippen LogP contribution in [0.5, 0.6) is 0 Å². The van der Waals surface area contributed by atoms with E-state index in [0.717, 1.165) is 0 Å². The van der Waals surface area contributed by atoms with Gasteiger partial charge in [-0.3, -0.25) is 4.79 Å². The number of halogens is 3. The molecule has 0 aliphatic carbocycles. The van der Waals surface area contributed by atoms with E-state index in [1.54, 1.807) is 13.8 Å². The Balaban J connectivity index is 3.24. The van der Waals surface area contributed by atoms with E-state index in [1.165, 1.54) is 12.1 Å². The van der Waals surface area contributed by atoms with Crippen LogP contribution >= 0.6 is 11.8 Å². The molecule has 0 aliphatic rings. The predicted octanol–water partition coefficient (Wildman–Crippen LogP) is 3.58. The number of aryl methyl sites for hydroxylation is 1. The van der Waals surface area contributed by atoms with E-state index < -0.39 is 11.5 Å². The van der Waals surface area contributed by atoms with Gasteiger partial charge in [-0.2, -0.15) is 18.4 Å². The van der Waals surface area contributed by atoms with Crippen molar-refractivity contribution in [3.63, 3.8) is 0 Å². The molecule has 108 valence electrons. The average Bonchev–Trinajstić information content (AvgIpc) is 2.32.